The molecule has 2 aromatic carbocycles. The summed E-state index contributed by atoms with van der Waals surface area (Å²) in [5.41, 5.74) is 5.26. The molecule has 6 nitrogen and oxygen atoms in total. The van der Waals surface area contributed by atoms with Gasteiger partial charge in [0.05, 0.1) is 0 Å². The van der Waals surface area contributed by atoms with Crippen molar-refractivity contribution in [1.82, 2.24) is 4.90 Å². The van der Waals surface area contributed by atoms with Crippen molar-refractivity contribution in [2.24, 2.45) is 0 Å². The summed E-state index contributed by atoms with van der Waals surface area (Å²) >= 11 is 0. The van der Waals surface area contributed by atoms with Crippen LogP contribution in [0.25, 0.3) is 0 Å². The van der Waals surface area contributed by atoms with E-state index in [2.05, 4.69) is 53.5 Å². The van der Waals surface area contributed by atoms with Gasteiger partial charge >= 0.3 is 6.09 Å². The normalized spacial score (nSPS) is 18.3. The molecular weight excluding hydrogens is 426 g/mol. The summed E-state index contributed by atoms with van der Waals surface area (Å²) in [7, 11) is 0. The summed E-state index contributed by atoms with van der Waals surface area (Å²) in [5.74, 6) is -0.141. The van der Waals surface area contributed by atoms with E-state index in [4.69, 9.17) is 4.74 Å². The van der Waals surface area contributed by atoms with Crippen molar-refractivity contribution < 1.29 is 14.3 Å². The second-order valence-electron chi connectivity index (χ2n) is 10.5. The first-order valence-electron chi connectivity index (χ1n) is 12.4. The van der Waals surface area contributed by atoms with Crippen LogP contribution in [0.4, 0.5) is 16.2 Å². The number of hydrogen-bond donors (Lipinski definition) is 1. The monoisotopic (exact) mass is 463 g/mol. The fourth-order valence-corrected chi connectivity index (χ4v) is 4.80. The number of anilines is 2. The molecule has 0 aliphatic carbocycles. The fraction of sp³-hybridized carbons (Fsp3) is 0.500. The van der Waals surface area contributed by atoms with Crippen molar-refractivity contribution in [2.75, 3.05) is 23.3 Å². The SMILES string of the molecule is Cc1ccc(CN2CCCc3cc(NC(=O)[C@H]4CCCCN4C(=O)OC(C)(C)C)ccc32)cc1. The maximum atomic E-state index is 13.2. The Bertz CT molecular complexity index is 1030. The molecule has 2 amide bonds. The molecule has 0 radical (unpaired) electrons. The van der Waals surface area contributed by atoms with E-state index >= 15 is 0 Å². The third kappa shape index (κ3) is 5.91. The molecule has 2 aliphatic rings. The van der Waals surface area contributed by atoms with E-state index in [0.717, 1.165) is 44.5 Å². The molecular formula is C28H37N3O3. The molecule has 4 rings (SSSR count). The maximum absolute atomic E-state index is 13.2. The predicted molar refractivity (Wildman–Crippen MR) is 136 cm³/mol. The Labute approximate surface area is 203 Å². The van der Waals surface area contributed by atoms with Gasteiger partial charge in [0.2, 0.25) is 5.91 Å². The zero-order valence-corrected chi connectivity index (χ0v) is 20.9. The number of nitrogens with zero attached hydrogens (tertiary/aromatic N) is 2. The molecule has 1 fully saturated rings. The first kappa shape index (κ1) is 24.1. The molecule has 1 saturated heterocycles. The van der Waals surface area contributed by atoms with Crippen molar-refractivity contribution >= 4 is 23.4 Å². The summed E-state index contributed by atoms with van der Waals surface area (Å²) in [5, 5.41) is 3.07. The van der Waals surface area contributed by atoms with Crippen LogP contribution in [0, 0.1) is 6.92 Å². The second-order valence-corrected chi connectivity index (χ2v) is 10.5. The average molecular weight is 464 g/mol. The number of carbonyl (C=O) groups is 2. The lowest BCUT2D eigenvalue weighted by molar-refractivity contribution is -0.122. The van der Waals surface area contributed by atoms with Gasteiger partial charge in [-0.25, -0.2) is 4.79 Å². The molecule has 0 unspecified atom stereocenters. The first-order valence-corrected chi connectivity index (χ1v) is 12.4. The van der Waals surface area contributed by atoms with Gasteiger partial charge in [-0.05, 0) is 89.1 Å². The Morgan fingerprint density at radius 3 is 2.53 bits per heavy atom. The number of aryl methyl sites for hydroxylation is 2. The minimum atomic E-state index is -0.585. The van der Waals surface area contributed by atoms with Crippen LogP contribution in [0.15, 0.2) is 42.5 Å². The summed E-state index contributed by atoms with van der Waals surface area (Å²) in [4.78, 5) is 29.9. The average Bonchev–Trinajstić information content (AvgIpc) is 2.79. The molecule has 0 bridgehead atoms. The highest BCUT2D eigenvalue weighted by Gasteiger charge is 2.35. The van der Waals surface area contributed by atoms with Gasteiger partial charge in [-0.3, -0.25) is 9.69 Å². The molecule has 2 aromatic rings. The Morgan fingerprint density at radius 2 is 1.79 bits per heavy atom. The molecule has 0 spiro atoms. The van der Waals surface area contributed by atoms with Crippen molar-refractivity contribution in [3.8, 4) is 0 Å². The van der Waals surface area contributed by atoms with Gasteiger partial charge in [0.25, 0.3) is 0 Å². The number of carbonyl (C=O) groups excluding carboxylic acids is 2. The minimum absolute atomic E-state index is 0.141. The highest BCUT2D eigenvalue weighted by molar-refractivity contribution is 5.97. The zero-order chi connectivity index (χ0) is 24.3. The smallest absolute Gasteiger partial charge is 0.410 e. The molecule has 1 N–H and O–H groups in total. The van der Waals surface area contributed by atoms with Crippen LogP contribution >= 0.6 is 0 Å². The van der Waals surface area contributed by atoms with Crippen molar-refractivity contribution in [1.29, 1.82) is 0 Å². The lowest BCUT2D eigenvalue weighted by Crippen LogP contribution is -2.51. The van der Waals surface area contributed by atoms with E-state index in [1.165, 1.54) is 22.4 Å². The molecule has 0 saturated carbocycles. The van der Waals surface area contributed by atoms with Crippen LogP contribution < -0.4 is 10.2 Å². The van der Waals surface area contributed by atoms with Gasteiger partial charge in [-0.2, -0.15) is 0 Å². The van der Waals surface area contributed by atoms with Gasteiger partial charge in [0, 0.05) is 31.0 Å². The second kappa shape index (κ2) is 10.1. The molecule has 2 aliphatic heterocycles. The van der Waals surface area contributed by atoms with Gasteiger partial charge < -0.3 is 15.0 Å². The minimum Gasteiger partial charge on any atom is -0.444 e. The molecule has 2 heterocycles. The van der Waals surface area contributed by atoms with Gasteiger partial charge in [0.1, 0.15) is 11.6 Å². The third-order valence-electron chi connectivity index (χ3n) is 6.49. The Hall–Kier alpha value is -3.02. The topological polar surface area (TPSA) is 61.9 Å². The lowest BCUT2D eigenvalue weighted by atomic mass is 9.99. The molecule has 1 atom stereocenters. The Balaban J connectivity index is 1.45. The maximum Gasteiger partial charge on any atom is 0.410 e. The van der Waals surface area contributed by atoms with Gasteiger partial charge in [-0.15, -0.1) is 0 Å². The van der Waals surface area contributed by atoms with Crippen molar-refractivity contribution in [3.05, 3.63) is 59.2 Å². The number of likely N-dealkylation sites (tertiary alicyclic amines) is 1. The summed E-state index contributed by atoms with van der Waals surface area (Å²) in [6, 6.07) is 14.4. The number of nitrogens with one attached hydrogen (secondary N) is 1. The highest BCUT2D eigenvalue weighted by atomic mass is 16.6. The van der Waals surface area contributed by atoms with Crippen LogP contribution in [-0.4, -0.2) is 41.6 Å². The van der Waals surface area contributed by atoms with Gasteiger partial charge in [-0.1, -0.05) is 29.8 Å². The number of benzene rings is 2. The summed E-state index contributed by atoms with van der Waals surface area (Å²) < 4.78 is 5.55. The van der Waals surface area contributed by atoms with Crippen molar-refractivity contribution in [3.63, 3.8) is 0 Å². The Morgan fingerprint density at radius 1 is 1.03 bits per heavy atom. The van der Waals surface area contributed by atoms with Crippen molar-refractivity contribution in [2.45, 2.75) is 78.0 Å². The van der Waals surface area contributed by atoms with E-state index in [1.54, 1.807) is 4.90 Å². The van der Waals surface area contributed by atoms with E-state index in [0.29, 0.717) is 13.0 Å². The van der Waals surface area contributed by atoms with E-state index in [9.17, 15) is 9.59 Å². The standard InChI is InChI=1S/C28H37N3O3/c1-20-10-12-21(13-11-20)19-30-16-7-8-22-18-23(14-15-24(22)30)29-26(32)25-9-5-6-17-31(25)27(33)34-28(2,3)4/h10-15,18,25H,5-9,16-17,19H2,1-4H3,(H,29,32)/t25-/m1/s1. The van der Waals surface area contributed by atoms with Crippen LogP contribution in [0.5, 0.6) is 0 Å². The van der Waals surface area contributed by atoms with Crippen LogP contribution in [0.2, 0.25) is 0 Å². The lowest BCUT2D eigenvalue weighted by Gasteiger charge is -2.36. The molecule has 6 heteroatoms. The van der Waals surface area contributed by atoms with E-state index < -0.39 is 17.7 Å². The number of rotatable bonds is 4. The van der Waals surface area contributed by atoms with E-state index in [-0.39, 0.29) is 5.91 Å². The molecule has 182 valence electrons. The van der Waals surface area contributed by atoms with Crippen LogP contribution in [0.1, 0.15) is 63.1 Å². The molecule has 34 heavy (non-hydrogen) atoms. The van der Waals surface area contributed by atoms with Crippen LogP contribution in [-0.2, 0) is 22.5 Å². The quantitative estimate of drug-likeness (QED) is 0.634. The fourth-order valence-electron chi connectivity index (χ4n) is 4.80. The van der Waals surface area contributed by atoms with Crippen LogP contribution in [0.3, 0.4) is 0 Å². The summed E-state index contributed by atoms with van der Waals surface area (Å²) in [6.45, 7) is 10.1. The largest absolute Gasteiger partial charge is 0.444 e. The first-order chi connectivity index (χ1) is 16.2. The summed E-state index contributed by atoms with van der Waals surface area (Å²) in [6.07, 6.45) is 4.14. The van der Waals surface area contributed by atoms with E-state index in [1.807, 2.05) is 26.8 Å². The predicted octanol–water partition coefficient (Wildman–Crippen LogP) is 5.68. The number of piperidine rings is 1. The number of ether oxygens (including phenoxy) is 1. The number of fused-ring (bicyclic) bond motifs is 1. The zero-order valence-electron chi connectivity index (χ0n) is 20.9. The van der Waals surface area contributed by atoms with Gasteiger partial charge in [0.15, 0.2) is 0 Å². The Kier molecular flexibility index (Phi) is 7.15. The highest BCUT2D eigenvalue weighted by Crippen LogP contribution is 2.31. The molecule has 0 aromatic heterocycles. The number of amides is 2. The third-order valence-corrected chi connectivity index (χ3v) is 6.49. The number of hydrogen-bond acceptors (Lipinski definition) is 4.